The van der Waals surface area contributed by atoms with Crippen LogP contribution in [0.2, 0.25) is 5.28 Å². The normalized spacial score (nSPS) is 17.4. The Morgan fingerprint density at radius 2 is 1.90 bits per heavy atom. The third-order valence-corrected chi connectivity index (χ3v) is 3.72. The number of halogens is 1. The molecule has 1 fully saturated rings. The topological polar surface area (TPSA) is 74.2 Å². The molecule has 0 saturated carbocycles. The molecule has 1 aliphatic rings. The van der Waals surface area contributed by atoms with Gasteiger partial charge >= 0.3 is 0 Å². The second-order valence-electron chi connectivity index (χ2n) is 5.45. The number of aliphatic hydroxyl groups is 1. The summed E-state index contributed by atoms with van der Waals surface area (Å²) >= 11 is 5.98. The lowest BCUT2D eigenvalue weighted by atomic mass is 10.1. The van der Waals surface area contributed by atoms with E-state index in [-0.39, 0.29) is 23.9 Å². The first-order chi connectivity index (χ1) is 9.60. The van der Waals surface area contributed by atoms with E-state index in [0.29, 0.717) is 11.9 Å². The van der Waals surface area contributed by atoms with Gasteiger partial charge in [0.1, 0.15) is 0 Å². The van der Waals surface area contributed by atoms with Crippen molar-refractivity contribution in [3.8, 4) is 0 Å². The van der Waals surface area contributed by atoms with Gasteiger partial charge in [0, 0.05) is 13.1 Å². The van der Waals surface area contributed by atoms with Crippen LogP contribution in [0, 0.1) is 5.92 Å². The SMILES string of the molecule is CC(C)C(CO)Nc1nc(Cl)nc(N2CCCCC2)n1. The van der Waals surface area contributed by atoms with Crippen molar-refractivity contribution >= 4 is 23.5 Å². The lowest BCUT2D eigenvalue weighted by Gasteiger charge is -2.27. The average molecular weight is 300 g/mol. The molecule has 0 radical (unpaired) electrons. The molecule has 1 aliphatic heterocycles. The van der Waals surface area contributed by atoms with Crippen molar-refractivity contribution in [1.29, 1.82) is 0 Å². The Labute approximate surface area is 124 Å². The predicted octanol–water partition coefficient (Wildman–Crippen LogP) is 1.94. The van der Waals surface area contributed by atoms with Gasteiger partial charge in [-0.15, -0.1) is 0 Å². The molecule has 0 aromatic carbocycles. The molecule has 0 spiro atoms. The maximum absolute atomic E-state index is 9.37. The van der Waals surface area contributed by atoms with E-state index in [1.807, 2.05) is 13.8 Å². The van der Waals surface area contributed by atoms with Gasteiger partial charge in [-0.2, -0.15) is 15.0 Å². The van der Waals surface area contributed by atoms with Crippen LogP contribution in [0.4, 0.5) is 11.9 Å². The van der Waals surface area contributed by atoms with Crippen molar-refractivity contribution in [3.05, 3.63) is 5.28 Å². The molecule has 20 heavy (non-hydrogen) atoms. The number of nitrogens with one attached hydrogen (secondary N) is 1. The molecule has 0 bridgehead atoms. The monoisotopic (exact) mass is 299 g/mol. The lowest BCUT2D eigenvalue weighted by molar-refractivity contribution is 0.248. The molecule has 1 aromatic heterocycles. The van der Waals surface area contributed by atoms with Gasteiger partial charge in [0.05, 0.1) is 12.6 Å². The zero-order valence-corrected chi connectivity index (χ0v) is 12.8. The summed E-state index contributed by atoms with van der Waals surface area (Å²) in [7, 11) is 0. The number of hydrogen-bond donors (Lipinski definition) is 2. The van der Waals surface area contributed by atoms with E-state index in [2.05, 4.69) is 25.2 Å². The fourth-order valence-electron chi connectivity index (χ4n) is 2.23. The number of aromatic nitrogens is 3. The predicted molar refractivity (Wildman–Crippen MR) is 80.2 cm³/mol. The summed E-state index contributed by atoms with van der Waals surface area (Å²) in [5.74, 6) is 1.32. The van der Waals surface area contributed by atoms with Crippen LogP contribution in [0.25, 0.3) is 0 Å². The van der Waals surface area contributed by atoms with Crippen molar-refractivity contribution in [2.45, 2.75) is 39.2 Å². The lowest BCUT2D eigenvalue weighted by Crippen LogP contribution is -2.33. The number of anilines is 2. The summed E-state index contributed by atoms with van der Waals surface area (Å²) in [6, 6.07) is -0.0947. The third-order valence-electron chi connectivity index (χ3n) is 3.55. The summed E-state index contributed by atoms with van der Waals surface area (Å²) in [5, 5.41) is 12.7. The highest BCUT2D eigenvalue weighted by Gasteiger charge is 2.18. The summed E-state index contributed by atoms with van der Waals surface area (Å²) in [4.78, 5) is 14.9. The second kappa shape index (κ2) is 7.04. The summed E-state index contributed by atoms with van der Waals surface area (Å²) in [5.41, 5.74) is 0. The maximum atomic E-state index is 9.37. The molecule has 0 aliphatic carbocycles. The second-order valence-corrected chi connectivity index (χ2v) is 5.79. The van der Waals surface area contributed by atoms with Crippen molar-refractivity contribution in [3.63, 3.8) is 0 Å². The van der Waals surface area contributed by atoms with Gasteiger partial charge in [0.25, 0.3) is 0 Å². The van der Waals surface area contributed by atoms with Crippen LogP contribution in [0.5, 0.6) is 0 Å². The molecule has 0 amide bonds. The van der Waals surface area contributed by atoms with Gasteiger partial charge in [-0.1, -0.05) is 13.8 Å². The number of hydrogen-bond acceptors (Lipinski definition) is 6. The fraction of sp³-hybridized carbons (Fsp3) is 0.769. The Balaban J connectivity index is 2.15. The molecule has 1 atom stereocenters. The van der Waals surface area contributed by atoms with Gasteiger partial charge in [-0.25, -0.2) is 0 Å². The quantitative estimate of drug-likeness (QED) is 0.865. The van der Waals surface area contributed by atoms with E-state index in [4.69, 9.17) is 11.6 Å². The van der Waals surface area contributed by atoms with E-state index >= 15 is 0 Å². The molecule has 7 heteroatoms. The standard InChI is InChI=1S/C13H22ClN5O/c1-9(2)10(8-20)15-12-16-11(14)17-13(18-12)19-6-4-3-5-7-19/h9-10,20H,3-8H2,1-2H3,(H,15,16,17,18). The Kier molecular flexibility index (Phi) is 5.37. The molecule has 2 rings (SSSR count). The van der Waals surface area contributed by atoms with Crippen molar-refractivity contribution in [2.75, 3.05) is 29.9 Å². The zero-order chi connectivity index (χ0) is 14.5. The Morgan fingerprint density at radius 1 is 1.20 bits per heavy atom. The zero-order valence-electron chi connectivity index (χ0n) is 12.0. The highest BCUT2D eigenvalue weighted by Crippen LogP contribution is 2.19. The highest BCUT2D eigenvalue weighted by atomic mass is 35.5. The van der Waals surface area contributed by atoms with Crippen molar-refractivity contribution in [1.82, 2.24) is 15.0 Å². The van der Waals surface area contributed by atoms with E-state index in [1.54, 1.807) is 0 Å². The first kappa shape index (κ1) is 15.3. The van der Waals surface area contributed by atoms with Gasteiger partial charge in [-0.3, -0.25) is 0 Å². The molecule has 6 nitrogen and oxygen atoms in total. The molecule has 1 saturated heterocycles. The van der Waals surface area contributed by atoms with Crippen LogP contribution in [0.1, 0.15) is 33.1 Å². The smallest absolute Gasteiger partial charge is 0.231 e. The van der Waals surface area contributed by atoms with E-state index < -0.39 is 0 Å². The number of piperidine rings is 1. The maximum Gasteiger partial charge on any atom is 0.231 e. The Morgan fingerprint density at radius 3 is 2.50 bits per heavy atom. The summed E-state index contributed by atoms with van der Waals surface area (Å²) in [6.07, 6.45) is 3.55. The highest BCUT2D eigenvalue weighted by molar-refractivity contribution is 6.28. The molecule has 2 N–H and O–H groups in total. The van der Waals surface area contributed by atoms with Crippen LogP contribution in [-0.4, -0.2) is 45.8 Å². The number of rotatable bonds is 5. The van der Waals surface area contributed by atoms with Crippen LogP contribution in [0.3, 0.4) is 0 Å². The van der Waals surface area contributed by atoms with E-state index in [1.165, 1.54) is 6.42 Å². The van der Waals surface area contributed by atoms with Crippen molar-refractivity contribution < 1.29 is 5.11 Å². The first-order valence-electron chi connectivity index (χ1n) is 7.14. The minimum atomic E-state index is -0.0947. The van der Waals surface area contributed by atoms with Gasteiger partial charge < -0.3 is 15.3 Å². The number of nitrogens with zero attached hydrogens (tertiary/aromatic N) is 4. The first-order valence-corrected chi connectivity index (χ1v) is 7.52. The van der Waals surface area contributed by atoms with Gasteiger partial charge in [0.2, 0.25) is 17.2 Å². The Bertz CT molecular complexity index is 437. The summed E-state index contributed by atoms with van der Waals surface area (Å²) in [6.45, 7) is 5.99. The van der Waals surface area contributed by atoms with Crippen molar-refractivity contribution in [2.24, 2.45) is 5.92 Å². The Hall–Kier alpha value is -1.14. The molecule has 112 valence electrons. The van der Waals surface area contributed by atoms with E-state index in [9.17, 15) is 5.11 Å². The van der Waals surface area contributed by atoms with Crippen LogP contribution >= 0.6 is 11.6 Å². The molecular weight excluding hydrogens is 278 g/mol. The minimum Gasteiger partial charge on any atom is -0.394 e. The van der Waals surface area contributed by atoms with Crippen LogP contribution in [-0.2, 0) is 0 Å². The average Bonchev–Trinajstić information content (AvgIpc) is 2.45. The molecular formula is C13H22ClN5O. The van der Waals surface area contributed by atoms with Crippen LogP contribution < -0.4 is 10.2 Å². The van der Waals surface area contributed by atoms with E-state index in [0.717, 1.165) is 25.9 Å². The minimum absolute atomic E-state index is 0.0278. The summed E-state index contributed by atoms with van der Waals surface area (Å²) < 4.78 is 0. The molecule has 1 aromatic rings. The largest absolute Gasteiger partial charge is 0.394 e. The van der Waals surface area contributed by atoms with Gasteiger partial charge in [-0.05, 0) is 36.8 Å². The van der Waals surface area contributed by atoms with Crippen LogP contribution in [0.15, 0.2) is 0 Å². The van der Waals surface area contributed by atoms with Gasteiger partial charge in [0.15, 0.2) is 0 Å². The third kappa shape index (κ3) is 3.93. The number of aliphatic hydroxyl groups excluding tert-OH is 1. The molecule has 1 unspecified atom stereocenters. The fourth-order valence-corrected chi connectivity index (χ4v) is 2.38. The molecule has 2 heterocycles.